The Morgan fingerprint density at radius 3 is 2.73 bits per heavy atom. The van der Waals surface area contributed by atoms with Gasteiger partial charge in [-0.2, -0.15) is 9.97 Å². The highest BCUT2D eigenvalue weighted by atomic mass is 19.1. The number of rotatable bonds is 2. The fourth-order valence-corrected chi connectivity index (χ4v) is 3.00. The summed E-state index contributed by atoms with van der Waals surface area (Å²) in [4.78, 5) is 11.3. The average Bonchev–Trinajstić information content (AvgIpc) is 2.86. The van der Waals surface area contributed by atoms with Gasteiger partial charge < -0.3 is 36.2 Å². The molecule has 0 saturated carbocycles. The lowest BCUT2D eigenvalue weighted by Gasteiger charge is -2.32. The second-order valence-corrected chi connectivity index (χ2v) is 5.75. The van der Waals surface area contributed by atoms with Crippen molar-refractivity contribution in [3.8, 4) is 0 Å². The minimum atomic E-state index is -2.09. The molecule has 0 spiro atoms. The fraction of sp³-hybridized carbons (Fsp3) is 0.667. The van der Waals surface area contributed by atoms with Gasteiger partial charge in [-0.15, -0.1) is 0 Å². The van der Waals surface area contributed by atoms with E-state index < -0.39 is 30.7 Å². The van der Waals surface area contributed by atoms with Crippen LogP contribution >= 0.6 is 0 Å². The molecule has 122 valence electrons. The average molecular weight is 314 g/mol. The summed E-state index contributed by atoms with van der Waals surface area (Å²) in [5.41, 5.74) is 9.89. The zero-order valence-electron chi connectivity index (χ0n) is 12.3. The number of aliphatic hydroxyl groups is 2. The molecular weight excluding hydrogens is 295 g/mol. The lowest BCUT2D eigenvalue weighted by molar-refractivity contribution is -0.0223. The van der Waals surface area contributed by atoms with Crippen LogP contribution in [0.15, 0.2) is 0 Å². The van der Waals surface area contributed by atoms with Crippen molar-refractivity contribution in [3.63, 3.8) is 0 Å². The van der Waals surface area contributed by atoms with Crippen LogP contribution in [0.1, 0.15) is 6.92 Å². The largest absolute Gasteiger partial charge is 0.394 e. The highest BCUT2D eigenvalue weighted by molar-refractivity contribution is 5.82. The summed E-state index contributed by atoms with van der Waals surface area (Å²) in [5, 5.41) is 19.2. The van der Waals surface area contributed by atoms with E-state index in [0.717, 1.165) is 0 Å². The van der Waals surface area contributed by atoms with Gasteiger partial charge in [-0.25, -0.2) is 4.39 Å². The maximum atomic E-state index is 14.9. The Morgan fingerprint density at radius 2 is 2.14 bits per heavy atom. The molecule has 9 nitrogen and oxygen atoms in total. The number of nitrogens with zero attached hydrogens (tertiary/aromatic N) is 4. The van der Waals surface area contributed by atoms with E-state index in [1.807, 2.05) is 0 Å². The third kappa shape index (κ3) is 1.95. The Labute approximate surface area is 126 Å². The number of ether oxygens (including phenoxy) is 1. The van der Waals surface area contributed by atoms with Crippen LogP contribution in [0.4, 0.5) is 27.7 Å². The van der Waals surface area contributed by atoms with E-state index >= 15 is 0 Å². The van der Waals surface area contributed by atoms with Gasteiger partial charge in [0.2, 0.25) is 5.95 Å². The van der Waals surface area contributed by atoms with Crippen molar-refractivity contribution in [1.82, 2.24) is 9.97 Å². The maximum Gasteiger partial charge on any atom is 0.224 e. The molecule has 0 amide bonds. The number of anilines is 4. The van der Waals surface area contributed by atoms with Crippen LogP contribution in [0.5, 0.6) is 0 Å². The van der Waals surface area contributed by atoms with E-state index in [-0.39, 0.29) is 18.4 Å². The maximum absolute atomic E-state index is 14.9. The smallest absolute Gasteiger partial charge is 0.224 e. The predicted molar refractivity (Wildman–Crippen MR) is 77.9 cm³/mol. The van der Waals surface area contributed by atoms with Crippen molar-refractivity contribution in [2.45, 2.75) is 31.0 Å². The van der Waals surface area contributed by atoms with Crippen LogP contribution in [0.25, 0.3) is 0 Å². The van der Waals surface area contributed by atoms with E-state index in [2.05, 4.69) is 9.97 Å². The first-order valence-electron chi connectivity index (χ1n) is 6.81. The van der Waals surface area contributed by atoms with Gasteiger partial charge in [0.15, 0.2) is 23.5 Å². The normalized spacial score (nSPS) is 34.3. The van der Waals surface area contributed by atoms with Crippen molar-refractivity contribution < 1.29 is 19.3 Å². The van der Waals surface area contributed by atoms with Crippen molar-refractivity contribution in [2.24, 2.45) is 0 Å². The molecule has 3 rings (SSSR count). The fourth-order valence-electron chi connectivity index (χ4n) is 3.00. The minimum absolute atomic E-state index is 0.0330. The molecule has 0 radical (unpaired) electrons. The van der Waals surface area contributed by atoms with Crippen LogP contribution in [-0.4, -0.2) is 64.6 Å². The highest BCUT2D eigenvalue weighted by Gasteiger charge is 2.57. The zero-order chi connectivity index (χ0) is 16.2. The number of aliphatic hydroxyl groups excluding tert-OH is 2. The Balaban J connectivity index is 2.02. The van der Waals surface area contributed by atoms with Crippen LogP contribution < -0.4 is 21.3 Å². The molecule has 1 saturated heterocycles. The van der Waals surface area contributed by atoms with E-state index in [0.29, 0.717) is 11.5 Å². The summed E-state index contributed by atoms with van der Waals surface area (Å²) in [7, 11) is 1.75. The molecule has 0 aliphatic carbocycles. The van der Waals surface area contributed by atoms with Gasteiger partial charge in [0, 0.05) is 7.05 Å². The molecule has 0 aromatic carbocycles. The lowest BCUT2D eigenvalue weighted by Crippen LogP contribution is -2.51. The number of fused-ring (bicyclic) bond motifs is 1. The minimum Gasteiger partial charge on any atom is -0.394 e. The predicted octanol–water partition coefficient (Wildman–Crippen LogP) is -1.34. The van der Waals surface area contributed by atoms with Gasteiger partial charge in [-0.05, 0) is 6.92 Å². The number of halogens is 1. The molecule has 0 bridgehead atoms. The van der Waals surface area contributed by atoms with Gasteiger partial charge in [0.1, 0.15) is 17.9 Å². The Morgan fingerprint density at radius 1 is 1.45 bits per heavy atom. The number of hydrogen-bond donors (Lipinski definition) is 4. The summed E-state index contributed by atoms with van der Waals surface area (Å²) >= 11 is 0. The summed E-state index contributed by atoms with van der Waals surface area (Å²) < 4.78 is 20.4. The summed E-state index contributed by atoms with van der Waals surface area (Å²) in [6.45, 7) is 0.984. The van der Waals surface area contributed by atoms with Gasteiger partial charge in [0.25, 0.3) is 0 Å². The van der Waals surface area contributed by atoms with E-state index in [1.54, 1.807) is 11.9 Å². The molecule has 4 atom stereocenters. The summed E-state index contributed by atoms with van der Waals surface area (Å²) in [6, 6.07) is 0. The topological polar surface area (TPSA) is 134 Å². The molecule has 2 aliphatic heterocycles. The van der Waals surface area contributed by atoms with Crippen LogP contribution in [0.2, 0.25) is 0 Å². The second kappa shape index (κ2) is 4.80. The van der Waals surface area contributed by atoms with Gasteiger partial charge in [0.05, 0.1) is 13.3 Å². The van der Waals surface area contributed by atoms with Crippen molar-refractivity contribution in [2.75, 3.05) is 41.6 Å². The Kier molecular flexibility index (Phi) is 3.27. The first-order valence-corrected chi connectivity index (χ1v) is 6.81. The molecule has 1 fully saturated rings. The molecule has 3 heterocycles. The van der Waals surface area contributed by atoms with E-state index in [1.165, 1.54) is 11.8 Å². The van der Waals surface area contributed by atoms with Crippen LogP contribution in [0.3, 0.4) is 0 Å². The van der Waals surface area contributed by atoms with Crippen molar-refractivity contribution in [1.29, 1.82) is 0 Å². The van der Waals surface area contributed by atoms with Crippen LogP contribution in [0, 0.1) is 0 Å². The third-order valence-electron chi connectivity index (χ3n) is 4.11. The Bertz CT molecular complexity index is 600. The molecule has 6 N–H and O–H groups in total. The standard InChI is InChI=1S/C12H19FN6O3/c1-12(13)7(21)5(3-20)22-10(12)19-4-18(2)6-8(14)16-11(15)17-9(6)19/h5,7,10,20-21H,3-4H2,1-2H3,(H4,14,15,16,17)/t5?,7?,10?,12-/m1/s1. The molecule has 1 aromatic rings. The molecule has 3 unspecified atom stereocenters. The van der Waals surface area contributed by atoms with Gasteiger partial charge in [-0.1, -0.05) is 0 Å². The van der Waals surface area contributed by atoms with Crippen molar-refractivity contribution >= 4 is 23.3 Å². The zero-order valence-corrected chi connectivity index (χ0v) is 12.3. The molecule has 10 heteroatoms. The monoisotopic (exact) mass is 314 g/mol. The van der Waals surface area contributed by atoms with E-state index in [9.17, 15) is 14.6 Å². The van der Waals surface area contributed by atoms with Gasteiger partial charge in [-0.3, -0.25) is 0 Å². The molecular formula is C12H19FN6O3. The third-order valence-corrected chi connectivity index (χ3v) is 4.11. The second-order valence-electron chi connectivity index (χ2n) is 5.75. The summed E-state index contributed by atoms with van der Waals surface area (Å²) in [5.74, 6) is 0.492. The first-order chi connectivity index (χ1) is 10.3. The van der Waals surface area contributed by atoms with E-state index in [4.69, 9.17) is 16.2 Å². The van der Waals surface area contributed by atoms with Gasteiger partial charge >= 0.3 is 0 Å². The lowest BCUT2D eigenvalue weighted by atomic mass is 9.98. The van der Waals surface area contributed by atoms with Crippen LogP contribution in [-0.2, 0) is 4.74 Å². The number of nitrogen functional groups attached to an aromatic ring is 2. The number of aromatic nitrogens is 2. The Hall–Kier alpha value is -1.91. The quantitative estimate of drug-likeness (QED) is 0.523. The SMILES string of the molecule is CN1CN(C2OC(CO)C(O)[C@@]2(C)F)c2nc(N)nc(N)c21. The van der Waals surface area contributed by atoms with Crippen molar-refractivity contribution in [3.05, 3.63) is 0 Å². The number of nitrogens with two attached hydrogens (primary N) is 2. The number of hydrogen-bond acceptors (Lipinski definition) is 9. The molecule has 22 heavy (non-hydrogen) atoms. The molecule has 2 aliphatic rings. The first kappa shape index (κ1) is 15.0. The number of alkyl halides is 1. The summed E-state index contributed by atoms with van der Waals surface area (Å²) in [6.07, 6.45) is -3.59. The highest BCUT2D eigenvalue weighted by Crippen LogP contribution is 2.44. The molecule has 1 aromatic heterocycles.